The van der Waals surface area contributed by atoms with Crippen LogP contribution in [0.15, 0.2) is 24.3 Å². The van der Waals surface area contributed by atoms with E-state index in [9.17, 15) is 9.59 Å². The Hall–Kier alpha value is -2.04. The van der Waals surface area contributed by atoms with Crippen LogP contribution in [0.4, 0.5) is 0 Å². The molecule has 5 heteroatoms. The minimum Gasteiger partial charge on any atom is -0.497 e. The van der Waals surface area contributed by atoms with E-state index in [4.69, 9.17) is 9.84 Å². The average molecular weight is 291 g/mol. The third kappa shape index (κ3) is 3.74. The molecule has 0 aliphatic heterocycles. The highest BCUT2D eigenvalue weighted by Gasteiger charge is 2.50. The van der Waals surface area contributed by atoms with Gasteiger partial charge in [-0.15, -0.1) is 0 Å². The second-order valence-corrected chi connectivity index (χ2v) is 5.74. The Labute approximate surface area is 124 Å². The average Bonchev–Trinajstić information content (AvgIpc) is 3.26. The van der Waals surface area contributed by atoms with Gasteiger partial charge in [-0.2, -0.15) is 0 Å². The highest BCUT2D eigenvalue weighted by atomic mass is 16.5. The molecule has 1 unspecified atom stereocenters. The molecule has 1 saturated carbocycles. The zero-order valence-electron chi connectivity index (χ0n) is 12.4. The van der Waals surface area contributed by atoms with Gasteiger partial charge in [0.1, 0.15) is 5.75 Å². The molecular weight excluding hydrogens is 270 g/mol. The third-order valence-electron chi connectivity index (χ3n) is 4.11. The lowest BCUT2D eigenvalue weighted by Gasteiger charge is -2.14. The van der Waals surface area contributed by atoms with Crippen molar-refractivity contribution in [2.24, 2.45) is 5.41 Å². The molecule has 0 radical (unpaired) electrons. The molecule has 1 aromatic rings. The number of ether oxygens (including phenoxy) is 1. The molecule has 0 aromatic heterocycles. The number of rotatable bonds is 7. The summed E-state index contributed by atoms with van der Waals surface area (Å²) in [5.41, 5.74) is 0.351. The summed E-state index contributed by atoms with van der Waals surface area (Å²) in [6.07, 6.45) is 1.65. The van der Waals surface area contributed by atoms with E-state index in [2.05, 4.69) is 5.32 Å². The fourth-order valence-corrected chi connectivity index (χ4v) is 2.29. The number of carbonyl (C=O) groups excluding carboxylic acids is 1. The van der Waals surface area contributed by atoms with E-state index in [1.165, 1.54) is 0 Å². The first-order valence-corrected chi connectivity index (χ1v) is 7.11. The second kappa shape index (κ2) is 6.16. The van der Waals surface area contributed by atoms with E-state index in [0.717, 1.165) is 11.3 Å². The van der Waals surface area contributed by atoms with Crippen molar-refractivity contribution in [2.75, 3.05) is 13.7 Å². The van der Waals surface area contributed by atoms with Crippen molar-refractivity contribution in [3.8, 4) is 5.75 Å². The molecule has 1 atom stereocenters. The number of aliphatic carboxylic acids is 1. The fourth-order valence-electron chi connectivity index (χ4n) is 2.29. The fraction of sp³-hybridized carbons (Fsp3) is 0.500. The molecule has 21 heavy (non-hydrogen) atoms. The van der Waals surface area contributed by atoms with E-state index >= 15 is 0 Å². The van der Waals surface area contributed by atoms with Crippen LogP contribution >= 0.6 is 0 Å². The molecule has 1 aromatic carbocycles. The van der Waals surface area contributed by atoms with Crippen LogP contribution in [0, 0.1) is 5.41 Å². The van der Waals surface area contributed by atoms with Crippen molar-refractivity contribution in [2.45, 2.75) is 32.1 Å². The van der Waals surface area contributed by atoms with Gasteiger partial charge in [0.15, 0.2) is 0 Å². The summed E-state index contributed by atoms with van der Waals surface area (Å²) in [5.74, 6) is -0.0553. The molecule has 114 valence electrons. The summed E-state index contributed by atoms with van der Waals surface area (Å²) in [6, 6.07) is 7.62. The van der Waals surface area contributed by atoms with Crippen LogP contribution in [-0.4, -0.2) is 30.6 Å². The van der Waals surface area contributed by atoms with Crippen LogP contribution in [0.2, 0.25) is 0 Å². The second-order valence-electron chi connectivity index (χ2n) is 5.74. The van der Waals surface area contributed by atoms with Gasteiger partial charge in [-0.3, -0.25) is 9.59 Å². The molecule has 0 spiro atoms. The van der Waals surface area contributed by atoms with Crippen molar-refractivity contribution in [3.05, 3.63) is 29.8 Å². The quantitative estimate of drug-likeness (QED) is 0.807. The van der Waals surface area contributed by atoms with Gasteiger partial charge >= 0.3 is 5.97 Å². The van der Waals surface area contributed by atoms with Crippen molar-refractivity contribution in [1.29, 1.82) is 0 Å². The van der Waals surface area contributed by atoms with E-state index < -0.39 is 11.4 Å². The topological polar surface area (TPSA) is 75.6 Å². The van der Waals surface area contributed by atoms with E-state index in [0.29, 0.717) is 19.3 Å². The van der Waals surface area contributed by atoms with Gasteiger partial charge in [-0.1, -0.05) is 19.1 Å². The van der Waals surface area contributed by atoms with Crippen molar-refractivity contribution in [1.82, 2.24) is 5.32 Å². The largest absolute Gasteiger partial charge is 0.497 e. The summed E-state index contributed by atoms with van der Waals surface area (Å²) in [7, 11) is 1.61. The molecule has 0 bridgehead atoms. The predicted octanol–water partition coefficient (Wildman–Crippen LogP) is 2.17. The maximum atomic E-state index is 11.9. The molecule has 0 heterocycles. The number of amides is 1. The monoisotopic (exact) mass is 291 g/mol. The van der Waals surface area contributed by atoms with Crippen LogP contribution < -0.4 is 10.1 Å². The molecule has 1 amide bonds. The predicted molar refractivity (Wildman–Crippen MR) is 78.3 cm³/mol. The maximum absolute atomic E-state index is 11.9. The Kier molecular flexibility index (Phi) is 4.50. The summed E-state index contributed by atoms with van der Waals surface area (Å²) < 4.78 is 5.10. The zero-order chi connectivity index (χ0) is 15.5. The van der Waals surface area contributed by atoms with Crippen LogP contribution in [0.5, 0.6) is 5.75 Å². The molecule has 2 rings (SSSR count). The Morgan fingerprint density at radius 2 is 1.95 bits per heavy atom. The van der Waals surface area contributed by atoms with Gasteiger partial charge in [0.25, 0.3) is 0 Å². The van der Waals surface area contributed by atoms with Gasteiger partial charge in [-0.05, 0) is 36.5 Å². The van der Waals surface area contributed by atoms with Gasteiger partial charge in [0.05, 0.1) is 12.5 Å². The van der Waals surface area contributed by atoms with Gasteiger partial charge in [0, 0.05) is 13.0 Å². The lowest BCUT2D eigenvalue weighted by molar-refractivity contribution is -0.143. The van der Waals surface area contributed by atoms with Crippen LogP contribution in [-0.2, 0) is 9.59 Å². The smallest absolute Gasteiger partial charge is 0.311 e. The number of carboxylic acids is 1. The summed E-state index contributed by atoms with van der Waals surface area (Å²) >= 11 is 0. The molecule has 2 N–H and O–H groups in total. The highest BCUT2D eigenvalue weighted by molar-refractivity contribution is 5.81. The van der Waals surface area contributed by atoms with E-state index in [1.807, 2.05) is 31.2 Å². The van der Waals surface area contributed by atoms with Crippen LogP contribution in [0.1, 0.15) is 37.7 Å². The van der Waals surface area contributed by atoms with E-state index in [1.54, 1.807) is 7.11 Å². The maximum Gasteiger partial charge on any atom is 0.311 e. The number of carbonyl (C=O) groups is 2. The molecular formula is C16H21NO4. The van der Waals surface area contributed by atoms with Gasteiger partial charge in [0.2, 0.25) is 5.91 Å². The number of methoxy groups -OCH3 is 1. The number of carboxylic acid groups (broad SMARTS) is 1. The SMILES string of the molecule is COc1ccc(C(C)CC(=O)NCC2(C(=O)O)CC2)cc1. The number of hydrogen-bond donors (Lipinski definition) is 2. The summed E-state index contributed by atoms with van der Waals surface area (Å²) in [4.78, 5) is 23.0. The Morgan fingerprint density at radius 3 is 2.43 bits per heavy atom. The molecule has 1 aliphatic carbocycles. The number of hydrogen-bond acceptors (Lipinski definition) is 3. The number of benzene rings is 1. The Morgan fingerprint density at radius 1 is 1.33 bits per heavy atom. The normalized spacial score (nSPS) is 16.9. The van der Waals surface area contributed by atoms with Crippen molar-refractivity contribution in [3.63, 3.8) is 0 Å². The lowest BCUT2D eigenvalue weighted by Crippen LogP contribution is -2.34. The Bertz CT molecular complexity index is 520. The van der Waals surface area contributed by atoms with Gasteiger partial charge < -0.3 is 15.2 Å². The van der Waals surface area contributed by atoms with Crippen LogP contribution in [0.25, 0.3) is 0 Å². The highest BCUT2D eigenvalue weighted by Crippen LogP contribution is 2.45. The van der Waals surface area contributed by atoms with Crippen molar-refractivity contribution >= 4 is 11.9 Å². The standard InChI is InChI=1S/C16H21NO4/c1-11(12-3-5-13(21-2)6-4-12)9-14(18)17-10-16(7-8-16)15(19)20/h3-6,11H,7-10H2,1-2H3,(H,17,18)(H,19,20). The Balaban J connectivity index is 1.82. The minimum absolute atomic E-state index is 0.0795. The summed E-state index contributed by atoms with van der Waals surface area (Å²) in [6.45, 7) is 2.21. The first-order valence-electron chi connectivity index (χ1n) is 7.11. The first-order chi connectivity index (χ1) is 9.97. The molecule has 1 aliphatic rings. The zero-order valence-corrected chi connectivity index (χ0v) is 12.4. The first kappa shape index (κ1) is 15.4. The van der Waals surface area contributed by atoms with Crippen molar-refractivity contribution < 1.29 is 19.4 Å². The van der Waals surface area contributed by atoms with Crippen LogP contribution in [0.3, 0.4) is 0 Å². The molecule has 1 fully saturated rings. The van der Waals surface area contributed by atoms with Gasteiger partial charge in [-0.25, -0.2) is 0 Å². The number of nitrogens with one attached hydrogen (secondary N) is 1. The minimum atomic E-state index is -0.814. The lowest BCUT2D eigenvalue weighted by atomic mass is 9.97. The third-order valence-corrected chi connectivity index (χ3v) is 4.11. The summed E-state index contributed by atoms with van der Waals surface area (Å²) in [5, 5.41) is 11.8. The molecule has 0 saturated heterocycles. The van der Waals surface area contributed by atoms with E-state index in [-0.39, 0.29) is 18.4 Å². The molecule has 5 nitrogen and oxygen atoms in total.